The van der Waals surface area contributed by atoms with Crippen molar-refractivity contribution in [2.24, 2.45) is 4.99 Å². The maximum Gasteiger partial charge on any atom is 0.221 e. The SMILES string of the molecule is CCCCCC(C)NC(=NC)NCCc1ccc(NC(C)=O)cc1. The zero-order valence-corrected chi connectivity index (χ0v) is 15.5. The van der Waals surface area contributed by atoms with Gasteiger partial charge in [-0.05, 0) is 37.5 Å². The lowest BCUT2D eigenvalue weighted by molar-refractivity contribution is -0.114. The van der Waals surface area contributed by atoms with Gasteiger partial charge in [0.05, 0.1) is 0 Å². The third-order valence-electron chi connectivity index (χ3n) is 3.83. The molecule has 0 aliphatic rings. The number of aliphatic imine (C=N–C) groups is 1. The molecule has 1 aromatic rings. The first-order valence-electron chi connectivity index (χ1n) is 8.88. The quantitative estimate of drug-likeness (QED) is 0.369. The first-order chi connectivity index (χ1) is 11.5. The Morgan fingerprint density at radius 3 is 2.50 bits per heavy atom. The number of unbranched alkanes of at least 4 members (excludes halogenated alkanes) is 2. The number of hydrogen-bond donors (Lipinski definition) is 3. The average molecular weight is 332 g/mol. The number of hydrogen-bond acceptors (Lipinski definition) is 2. The largest absolute Gasteiger partial charge is 0.356 e. The number of carbonyl (C=O) groups excluding carboxylic acids is 1. The van der Waals surface area contributed by atoms with Gasteiger partial charge in [-0.1, -0.05) is 38.3 Å². The van der Waals surface area contributed by atoms with Crippen molar-refractivity contribution in [2.75, 3.05) is 18.9 Å². The maximum absolute atomic E-state index is 11.0. The fourth-order valence-electron chi connectivity index (χ4n) is 2.48. The smallest absolute Gasteiger partial charge is 0.221 e. The molecule has 0 heterocycles. The van der Waals surface area contributed by atoms with Gasteiger partial charge in [0.1, 0.15) is 0 Å². The Kier molecular flexibility index (Phi) is 9.58. The van der Waals surface area contributed by atoms with E-state index in [4.69, 9.17) is 0 Å². The summed E-state index contributed by atoms with van der Waals surface area (Å²) in [5.41, 5.74) is 2.06. The predicted octanol–water partition coefficient (Wildman–Crippen LogP) is 3.32. The van der Waals surface area contributed by atoms with Crippen molar-refractivity contribution in [3.8, 4) is 0 Å². The molecular weight excluding hydrogens is 300 g/mol. The van der Waals surface area contributed by atoms with E-state index in [1.165, 1.54) is 38.2 Å². The highest BCUT2D eigenvalue weighted by Crippen LogP contribution is 2.09. The van der Waals surface area contributed by atoms with Gasteiger partial charge in [0.25, 0.3) is 0 Å². The molecule has 0 saturated carbocycles. The van der Waals surface area contributed by atoms with Crippen molar-refractivity contribution in [3.63, 3.8) is 0 Å². The molecule has 1 atom stereocenters. The highest BCUT2D eigenvalue weighted by Gasteiger charge is 2.04. The Bertz CT molecular complexity index is 511. The summed E-state index contributed by atoms with van der Waals surface area (Å²) >= 11 is 0. The Hall–Kier alpha value is -2.04. The summed E-state index contributed by atoms with van der Waals surface area (Å²) in [5, 5.41) is 9.56. The number of nitrogens with one attached hydrogen (secondary N) is 3. The molecule has 0 aliphatic heterocycles. The van der Waals surface area contributed by atoms with Crippen molar-refractivity contribution < 1.29 is 4.79 Å². The summed E-state index contributed by atoms with van der Waals surface area (Å²) in [6.07, 6.45) is 5.86. The number of amides is 1. The number of benzene rings is 1. The van der Waals surface area contributed by atoms with Crippen LogP contribution in [-0.2, 0) is 11.2 Å². The molecule has 3 N–H and O–H groups in total. The van der Waals surface area contributed by atoms with Crippen LogP contribution in [0.15, 0.2) is 29.3 Å². The molecule has 0 aromatic heterocycles. The van der Waals surface area contributed by atoms with Gasteiger partial charge in [-0.25, -0.2) is 0 Å². The predicted molar refractivity (Wildman–Crippen MR) is 103 cm³/mol. The number of anilines is 1. The fraction of sp³-hybridized carbons (Fsp3) is 0.579. The Morgan fingerprint density at radius 1 is 1.21 bits per heavy atom. The molecule has 0 fully saturated rings. The van der Waals surface area contributed by atoms with E-state index in [0.29, 0.717) is 6.04 Å². The van der Waals surface area contributed by atoms with Crippen molar-refractivity contribution in [1.29, 1.82) is 0 Å². The van der Waals surface area contributed by atoms with Crippen LogP contribution in [0.1, 0.15) is 52.0 Å². The van der Waals surface area contributed by atoms with Crippen LogP contribution < -0.4 is 16.0 Å². The summed E-state index contributed by atoms with van der Waals surface area (Å²) in [6.45, 7) is 6.76. The van der Waals surface area contributed by atoms with Gasteiger partial charge in [0.15, 0.2) is 5.96 Å². The summed E-state index contributed by atoms with van der Waals surface area (Å²) < 4.78 is 0. The monoisotopic (exact) mass is 332 g/mol. The van der Waals surface area contributed by atoms with E-state index in [1.54, 1.807) is 7.05 Å². The molecular formula is C19H32N4O. The zero-order chi connectivity index (χ0) is 17.8. The second-order valence-corrected chi connectivity index (χ2v) is 6.17. The minimum atomic E-state index is -0.0488. The molecule has 0 saturated heterocycles. The van der Waals surface area contributed by atoms with Crippen LogP contribution in [0.4, 0.5) is 5.69 Å². The van der Waals surface area contributed by atoms with Crippen molar-refractivity contribution in [3.05, 3.63) is 29.8 Å². The van der Waals surface area contributed by atoms with Crippen molar-refractivity contribution in [1.82, 2.24) is 10.6 Å². The second kappa shape index (κ2) is 11.5. The fourth-order valence-corrected chi connectivity index (χ4v) is 2.48. The highest BCUT2D eigenvalue weighted by molar-refractivity contribution is 5.88. The van der Waals surface area contributed by atoms with Crippen LogP contribution in [0, 0.1) is 0 Å². The molecule has 1 rings (SSSR count). The van der Waals surface area contributed by atoms with Gasteiger partial charge < -0.3 is 16.0 Å². The topological polar surface area (TPSA) is 65.5 Å². The van der Waals surface area contributed by atoms with E-state index in [0.717, 1.165) is 24.6 Å². The average Bonchev–Trinajstić information content (AvgIpc) is 2.55. The lowest BCUT2D eigenvalue weighted by Crippen LogP contribution is -2.42. The number of rotatable bonds is 9. The molecule has 0 spiro atoms. The third kappa shape index (κ3) is 8.56. The van der Waals surface area contributed by atoms with Gasteiger partial charge in [-0.3, -0.25) is 9.79 Å². The summed E-state index contributed by atoms with van der Waals surface area (Å²) in [7, 11) is 1.80. The molecule has 1 aromatic carbocycles. The van der Waals surface area contributed by atoms with E-state index in [1.807, 2.05) is 24.3 Å². The van der Waals surface area contributed by atoms with E-state index in [2.05, 4.69) is 34.8 Å². The molecule has 134 valence electrons. The van der Waals surface area contributed by atoms with Gasteiger partial charge >= 0.3 is 0 Å². The Balaban J connectivity index is 2.32. The lowest BCUT2D eigenvalue weighted by atomic mass is 10.1. The number of nitrogens with zero attached hydrogens (tertiary/aromatic N) is 1. The first kappa shape index (κ1) is 20.0. The van der Waals surface area contributed by atoms with Gasteiger partial charge in [-0.15, -0.1) is 0 Å². The molecule has 5 heteroatoms. The van der Waals surface area contributed by atoms with Gasteiger partial charge in [0, 0.05) is 32.2 Å². The van der Waals surface area contributed by atoms with Crippen molar-refractivity contribution >= 4 is 17.6 Å². The van der Waals surface area contributed by atoms with E-state index in [-0.39, 0.29) is 5.91 Å². The van der Waals surface area contributed by atoms with Gasteiger partial charge in [0.2, 0.25) is 5.91 Å². The van der Waals surface area contributed by atoms with E-state index < -0.39 is 0 Å². The Labute approximate surface area is 146 Å². The van der Waals surface area contributed by atoms with E-state index in [9.17, 15) is 4.79 Å². The van der Waals surface area contributed by atoms with Crippen LogP contribution in [0.3, 0.4) is 0 Å². The zero-order valence-electron chi connectivity index (χ0n) is 15.5. The maximum atomic E-state index is 11.0. The molecule has 5 nitrogen and oxygen atoms in total. The number of guanidine groups is 1. The minimum Gasteiger partial charge on any atom is -0.356 e. The van der Waals surface area contributed by atoms with Crippen LogP contribution in [-0.4, -0.2) is 31.5 Å². The molecule has 0 radical (unpaired) electrons. The van der Waals surface area contributed by atoms with Crippen LogP contribution in [0.2, 0.25) is 0 Å². The van der Waals surface area contributed by atoms with Crippen LogP contribution >= 0.6 is 0 Å². The normalized spacial score (nSPS) is 12.6. The minimum absolute atomic E-state index is 0.0488. The summed E-state index contributed by atoms with van der Waals surface area (Å²) in [6, 6.07) is 8.37. The highest BCUT2D eigenvalue weighted by atomic mass is 16.1. The first-order valence-corrected chi connectivity index (χ1v) is 8.88. The summed E-state index contributed by atoms with van der Waals surface area (Å²) in [4.78, 5) is 15.3. The standard InChI is InChI=1S/C19H32N4O/c1-5-6-7-8-15(2)22-19(20-4)21-14-13-17-9-11-18(12-10-17)23-16(3)24/h9-12,15H,5-8,13-14H2,1-4H3,(H,23,24)(H2,20,21,22). The second-order valence-electron chi connectivity index (χ2n) is 6.17. The molecule has 0 bridgehead atoms. The third-order valence-corrected chi connectivity index (χ3v) is 3.83. The molecule has 1 unspecified atom stereocenters. The van der Waals surface area contributed by atoms with Gasteiger partial charge in [-0.2, -0.15) is 0 Å². The molecule has 1 amide bonds. The van der Waals surface area contributed by atoms with Crippen molar-refractivity contribution in [2.45, 2.75) is 58.9 Å². The number of carbonyl (C=O) groups is 1. The summed E-state index contributed by atoms with van der Waals surface area (Å²) in [5.74, 6) is 0.807. The Morgan fingerprint density at radius 2 is 1.92 bits per heavy atom. The van der Waals surface area contributed by atoms with Crippen LogP contribution in [0.5, 0.6) is 0 Å². The van der Waals surface area contributed by atoms with E-state index >= 15 is 0 Å². The molecule has 24 heavy (non-hydrogen) atoms. The lowest BCUT2D eigenvalue weighted by Gasteiger charge is -2.18. The molecule has 0 aliphatic carbocycles. The van der Waals surface area contributed by atoms with Crippen LogP contribution in [0.25, 0.3) is 0 Å².